The molecule has 0 unspecified atom stereocenters. The van der Waals surface area contributed by atoms with E-state index in [9.17, 15) is 4.79 Å². The van der Waals surface area contributed by atoms with E-state index in [-0.39, 0.29) is 12.6 Å². The maximum Gasteiger partial charge on any atom is 0.315 e. The van der Waals surface area contributed by atoms with E-state index in [1.54, 1.807) is 11.3 Å². The summed E-state index contributed by atoms with van der Waals surface area (Å²) in [6.45, 7) is 1.12. The molecule has 1 aromatic heterocycles. The van der Waals surface area contributed by atoms with E-state index in [1.165, 1.54) is 0 Å². The van der Waals surface area contributed by atoms with Crippen LogP contribution in [0.25, 0.3) is 0 Å². The van der Waals surface area contributed by atoms with Crippen LogP contribution in [0.15, 0.2) is 15.9 Å². The molecule has 4 nitrogen and oxygen atoms in total. The van der Waals surface area contributed by atoms with Gasteiger partial charge in [0.1, 0.15) is 0 Å². The third-order valence-corrected chi connectivity index (χ3v) is 3.36. The van der Waals surface area contributed by atoms with E-state index in [4.69, 9.17) is 5.11 Å². The molecule has 0 aliphatic rings. The van der Waals surface area contributed by atoms with Gasteiger partial charge in [-0.05, 0) is 28.4 Å². The molecule has 0 aliphatic heterocycles. The summed E-state index contributed by atoms with van der Waals surface area (Å²) < 4.78 is 1.03. The molecule has 0 radical (unpaired) electrons. The molecule has 0 atom stereocenters. The Balaban J connectivity index is 2.16. The molecule has 0 aromatic carbocycles. The van der Waals surface area contributed by atoms with Crippen LogP contribution in [0, 0.1) is 0 Å². The van der Waals surface area contributed by atoms with Gasteiger partial charge in [0.05, 0.1) is 6.54 Å². The number of amides is 2. The first kappa shape index (κ1) is 12.5. The summed E-state index contributed by atoms with van der Waals surface area (Å²) in [7, 11) is 0. The molecular formula is C9H13BrN2O2S. The fourth-order valence-corrected chi connectivity index (χ4v) is 2.35. The highest BCUT2D eigenvalue weighted by Gasteiger charge is 2.01. The van der Waals surface area contributed by atoms with E-state index in [0.29, 0.717) is 19.5 Å². The minimum absolute atomic E-state index is 0.0954. The number of urea groups is 1. The fourth-order valence-electron chi connectivity index (χ4n) is 0.957. The minimum atomic E-state index is -0.201. The van der Waals surface area contributed by atoms with Crippen LogP contribution in [0.2, 0.25) is 0 Å². The van der Waals surface area contributed by atoms with Crippen molar-refractivity contribution in [2.24, 2.45) is 0 Å². The highest BCUT2D eigenvalue weighted by molar-refractivity contribution is 9.10. The number of rotatable bonds is 5. The number of thiophene rings is 1. The Bertz CT molecular complexity index is 317. The summed E-state index contributed by atoms with van der Waals surface area (Å²) in [4.78, 5) is 12.3. The molecule has 1 rings (SSSR count). The zero-order chi connectivity index (χ0) is 11.1. The molecule has 0 spiro atoms. The van der Waals surface area contributed by atoms with Crippen molar-refractivity contribution in [1.29, 1.82) is 0 Å². The molecular weight excluding hydrogens is 280 g/mol. The Morgan fingerprint density at radius 2 is 2.33 bits per heavy atom. The lowest BCUT2D eigenvalue weighted by Gasteiger charge is -2.05. The average Bonchev–Trinajstić information content (AvgIpc) is 2.62. The number of nitrogens with one attached hydrogen (secondary N) is 2. The van der Waals surface area contributed by atoms with Crippen LogP contribution in [-0.4, -0.2) is 24.3 Å². The lowest BCUT2D eigenvalue weighted by atomic mass is 10.4. The topological polar surface area (TPSA) is 61.4 Å². The molecule has 2 amide bonds. The maximum atomic E-state index is 11.2. The predicted molar refractivity (Wildman–Crippen MR) is 64.0 cm³/mol. The molecule has 1 heterocycles. The van der Waals surface area contributed by atoms with Gasteiger partial charge in [-0.3, -0.25) is 0 Å². The summed E-state index contributed by atoms with van der Waals surface area (Å²) >= 11 is 4.94. The van der Waals surface area contributed by atoms with Crippen molar-refractivity contribution < 1.29 is 9.90 Å². The highest BCUT2D eigenvalue weighted by atomic mass is 79.9. The second kappa shape index (κ2) is 6.81. The zero-order valence-electron chi connectivity index (χ0n) is 8.12. The van der Waals surface area contributed by atoms with Crippen LogP contribution < -0.4 is 10.6 Å². The molecule has 0 bridgehead atoms. The van der Waals surface area contributed by atoms with Crippen LogP contribution in [0.3, 0.4) is 0 Å². The number of halogens is 1. The molecule has 1 aromatic rings. The van der Waals surface area contributed by atoms with Crippen molar-refractivity contribution in [3.05, 3.63) is 20.8 Å². The van der Waals surface area contributed by atoms with Gasteiger partial charge in [-0.15, -0.1) is 11.3 Å². The first-order valence-electron chi connectivity index (χ1n) is 4.58. The van der Waals surface area contributed by atoms with Gasteiger partial charge in [0, 0.05) is 27.9 Å². The Morgan fingerprint density at radius 3 is 2.93 bits per heavy atom. The van der Waals surface area contributed by atoms with Gasteiger partial charge in [0.15, 0.2) is 0 Å². The Morgan fingerprint density at radius 1 is 1.53 bits per heavy atom. The SMILES string of the molecule is O=C(NCCCO)NCc1cc(Br)cs1. The van der Waals surface area contributed by atoms with Crippen molar-refractivity contribution in [2.45, 2.75) is 13.0 Å². The number of carbonyl (C=O) groups excluding carboxylic acids is 1. The molecule has 6 heteroatoms. The molecule has 0 fully saturated rings. The molecule has 3 N–H and O–H groups in total. The van der Waals surface area contributed by atoms with Gasteiger partial charge in [-0.25, -0.2) is 4.79 Å². The van der Waals surface area contributed by atoms with Crippen LogP contribution >= 0.6 is 27.3 Å². The lowest BCUT2D eigenvalue weighted by molar-refractivity contribution is 0.238. The van der Waals surface area contributed by atoms with Crippen molar-refractivity contribution in [3.8, 4) is 0 Å². The first-order chi connectivity index (χ1) is 7.22. The van der Waals surface area contributed by atoms with Gasteiger partial charge >= 0.3 is 6.03 Å². The van der Waals surface area contributed by atoms with Gasteiger partial charge in [0.2, 0.25) is 0 Å². The summed E-state index contributed by atoms with van der Waals surface area (Å²) in [5.74, 6) is 0. The van der Waals surface area contributed by atoms with Gasteiger partial charge in [-0.2, -0.15) is 0 Å². The summed E-state index contributed by atoms with van der Waals surface area (Å²) in [6.07, 6.45) is 0.581. The normalized spacial score (nSPS) is 10.0. The van der Waals surface area contributed by atoms with E-state index >= 15 is 0 Å². The highest BCUT2D eigenvalue weighted by Crippen LogP contribution is 2.19. The molecule has 84 valence electrons. The fraction of sp³-hybridized carbons (Fsp3) is 0.444. The Labute approximate surface area is 101 Å². The van der Waals surface area contributed by atoms with E-state index in [0.717, 1.165) is 9.35 Å². The van der Waals surface area contributed by atoms with Crippen molar-refractivity contribution in [1.82, 2.24) is 10.6 Å². The van der Waals surface area contributed by atoms with E-state index < -0.39 is 0 Å². The quantitative estimate of drug-likeness (QED) is 0.724. The van der Waals surface area contributed by atoms with Crippen LogP contribution in [0.4, 0.5) is 4.79 Å². The molecule has 0 saturated heterocycles. The third-order valence-electron chi connectivity index (χ3n) is 1.67. The number of carbonyl (C=O) groups is 1. The first-order valence-corrected chi connectivity index (χ1v) is 6.25. The number of hydrogen-bond acceptors (Lipinski definition) is 3. The number of aliphatic hydroxyl groups excluding tert-OH is 1. The van der Waals surface area contributed by atoms with Gasteiger partial charge in [-0.1, -0.05) is 0 Å². The third kappa shape index (κ3) is 5.15. The predicted octanol–water partition coefficient (Wildman–Crippen LogP) is 1.69. The largest absolute Gasteiger partial charge is 0.396 e. The van der Waals surface area contributed by atoms with Crippen LogP contribution in [0.1, 0.15) is 11.3 Å². The summed E-state index contributed by atoms with van der Waals surface area (Å²) in [6, 6.07) is 1.77. The summed E-state index contributed by atoms with van der Waals surface area (Å²) in [5.41, 5.74) is 0. The van der Waals surface area contributed by atoms with E-state index in [2.05, 4.69) is 26.6 Å². The van der Waals surface area contributed by atoms with Crippen LogP contribution in [0.5, 0.6) is 0 Å². The number of aliphatic hydroxyl groups is 1. The lowest BCUT2D eigenvalue weighted by Crippen LogP contribution is -2.35. The molecule has 0 aliphatic carbocycles. The monoisotopic (exact) mass is 292 g/mol. The Hall–Kier alpha value is -0.590. The van der Waals surface area contributed by atoms with Crippen molar-refractivity contribution >= 4 is 33.3 Å². The second-order valence-electron chi connectivity index (χ2n) is 2.92. The number of hydrogen-bond donors (Lipinski definition) is 3. The second-order valence-corrected chi connectivity index (χ2v) is 4.83. The standard InChI is InChI=1S/C9H13BrN2O2S/c10-7-4-8(15-6-7)5-12-9(14)11-2-1-3-13/h4,6,13H,1-3,5H2,(H2,11,12,14). The molecule has 0 saturated carbocycles. The van der Waals surface area contributed by atoms with Gasteiger partial charge < -0.3 is 15.7 Å². The zero-order valence-corrected chi connectivity index (χ0v) is 10.5. The summed E-state index contributed by atoms with van der Waals surface area (Å²) in [5, 5.41) is 15.9. The van der Waals surface area contributed by atoms with Crippen molar-refractivity contribution in [2.75, 3.05) is 13.2 Å². The van der Waals surface area contributed by atoms with E-state index in [1.807, 2.05) is 11.4 Å². The van der Waals surface area contributed by atoms with Crippen molar-refractivity contribution in [3.63, 3.8) is 0 Å². The minimum Gasteiger partial charge on any atom is -0.396 e. The van der Waals surface area contributed by atoms with Gasteiger partial charge in [0.25, 0.3) is 0 Å². The average molecular weight is 293 g/mol. The Kier molecular flexibility index (Phi) is 5.67. The smallest absolute Gasteiger partial charge is 0.315 e. The van der Waals surface area contributed by atoms with Crippen LogP contribution in [-0.2, 0) is 6.54 Å². The molecule has 15 heavy (non-hydrogen) atoms. The maximum absolute atomic E-state index is 11.2.